The van der Waals surface area contributed by atoms with Crippen molar-refractivity contribution in [1.82, 2.24) is 0 Å². The van der Waals surface area contributed by atoms with E-state index in [4.69, 9.17) is 9.47 Å². The van der Waals surface area contributed by atoms with Gasteiger partial charge in [0.1, 0.15) is 24.4 Å². The number of benzene rings is 1. The summed E-state index contributed by atoms with van der Waals surface area (Å²) in [6.07, 6.45) is 7.08. The van der Waals surface area contributed by atoms with E-state index in [0.717, 1.165) is 12.8 Å². The zero-order valence-corrected chi connectivity index (χ0v) is 15.5. The van der Waals surface area contributed by atoms with Crippen molar-refractivity contribution in [3.8, 4) is 5.75 Å². The molecule has 0 heterocycles. The minimum Gasteiger partial charge on any atom is -0.430 e. The Kier molecular flexibility index (Phi) is 4.16. The summed E-state index contributed by atoms with van der Waals surface area (Å²) in [5.74, 6) is 1.20. The van der Waals surface area contributed by atoms with Gasteiger partial charge in [0, 0.05) is 16.3 Å². The number of carbonyl (C=O) groups is 1. The first-order valence-corrected chi connectivity index (χ1v) is 10.3. The Morgan fingerprint density at radius 3 is 2.30 bits per heavy atom. The van der Waals surface area contributed by atoms with Crippen LogP contribution in [0.1, 0.15) is 40.0 Å². The average molecular weight is 335 g/mol. The normalized spacial score (nSPS) is 31.4. The lowest BCUT2D eigenvalue weighted by Gasteiger charge is -2.38. The van der Waals surface area contributed by atoms with Crippen LogP contribution in [0.5, 0.6) is 5.75 Å². The highest BCUT2D eigenvalue weighted by Gasteiger charge is 2.63. The van der Waals surface area contributed by atoms with E-state index in [1.54, 1.807) is 0 Å². The van der Waals surface area contributed by atoms with Gasteiger partial charge in [-0.1, -0.05) is 20.8 Å². The van der Waals surface area contributed by atoms with Crippen molar-refractivity contribution in [2.24, 2.45) is 16.7 Å². The van der Waals surface area contributed by atoms with E-state index in [2.05, 4.69) is 33.3 Å². The van der Waals surface area contributed by atoms with Gasteiger partial charge in [-0.3, -0.25) is 0 Å². The van der Waals surface area contributed by atoms with E-state index < -0.39 is 6.16 Å². The third-order valence-electron chi connectivity index (χ3n) is 6.45. The summed E-state index contributed by atoms with van der Waals surface area (Å²) in [6.45, 7) is 6.88. The van der Waals surface area contributed by atoms with Gasteiger partial charge < -0.3 is 9.47 Å². The van der Waals surface area contributed by atoms with E-state index >= 15 is 0 Å². The van der Waals surface area contributed by atoms with Crippen LogP contribution in [0.3, 0.4) is 0 Å². The fourth-order valence-corrected chi connectivity index (χ4v) is 5.01. The molecule has 0 spiro atoms. The topological polar surface area (TPSA) is 35.5 Å². The molecule has 3 atom stereocenters. The minimum atomic E-state index is -0.570. The van der Waals surface area contributed by atoms with Crippen LogP contribution in [-0.4, -0.2) is 24.8 Å². The molecule has 2 saturated carbocycles. The SMILES string of the molecule is C[S+](C)c1ccc(OC(=O)OC2CC3CCC2(C)C3(C)C)cc1. The van der Waals surface area contributed by atoms with Crippen LogP contribution in [0, 0.1) is 16.7 Å². The van der Waals surface area contributed by atoms with Gasteiger partial charge >= 0.3 is 6.16 Å². The molecule has 2 aliphatic rings. The molecule has 3 rings (SSSR count). The third kappa shape index (κ3) is 2.75. The largest absolute Gasteiger partial charge is 0.514 e. The van der Waals surface area contributed by atoms with Crippen LogP contribution in [0.25, 0.3) is 0 Å². The zero-order chi connectivity index (χ0) is 16.8. The minimum absolute atomic E-state index is 0.0276. The quantitative estimate of drug-likeness (QED) is 0.458. The summed E-state index contributed by atoms with van der Waals surface area (Å²) in [5, 5.41) is 0. The molecule has 2 bridgehead atoms. The lowest BCUT2D eigenvalue weighted by molar-refractivity contribution is -0.0220. The number of carbonyl (C=O) groups excluding carboxylic acids is 1. The lowest BCUT2D eigenvalue weighted by atomic mass is 9.70. The molecule has 2 aliphatic carbocycles. The molecule has 0 saturated heterocycles. The van der Waals surface area contributed by atoms with Gasteiger partial charge in [0.25, 0.3) is 0 Å². The first kappa shape index (κ1) is 16.7. The number of fused-ring (bicyclic) bond motifs is 2. The Balaban J connectivity index is 1.62. The van der Waals surface area contributed by atoms with Crippen molar-refractivity contribution in [2.75, 3.05) is 12.5 Å². The Hall–Kier alpha value is -1.16. The second-order valence-electron chi connectivity index (χ2n) is 7.86. The molecule has 23 heavy (non-hydrogen) atoms. The van der Waals surface area contributed by atoms with E-state index in [-0.39, 0.29) is 27.8 Å². The highest BCUT2D eigenvalue weighted by Crippen LogP contribution is 2.66. The molecule has 0 aromatic heterocycles. The van der Waals surface area contributed by atoms with Crippen LogP contribution in [0.4, 0.5) is 4.79 Å². The molecule has 0 N–H and O–H groups in total. The lowest BCUT2D eigenvalue weighted by Crippen LogP contribution is -2.38. The summed E-state index contributed by atoms with van der Waals surface area (Å²) in [5.41, 5.74) is 0.303. The van der Waals surface area contributed by atoms with Crippen LogP contribution >= 0.6 is 0 Å². The fraction of sp³-hybridized carbons (Fsp3) is 0.632. The maximum atomic E-state index is 12.2. The second-order valence-corrected chi connectivity index (χ2v) is 9.96. The third-order valence-corrected chi connectivity index (χ3v) is 7.66. The first-order valence-electron chi connectivity index (χ1n) is 8.30. The highest BCUT2D eigenvalue weighted by molar-refractivity contribution is 7.95. The highest BCUT2D eigenvalue weighted by atomic mass is 32.2. The smallest absolute Gasteiger partial charge is 0.430 e. The Morgan fingerprint density at radius 1 is 1.17 bits per heavy atom. The summed E-state index contributed by atoms with van der Waals surface area (Å²) < 4.78 is 11.1. The molecular formula is C19H27O3S+. The molecule has 0 amide bonds. The van der Waals surface area contributed by atoms with Gasteiger partial charge in [0.2, 0.25) is 0 Å². The maximum Gasteiger partial charge on any atom is 0.514 e. The number of rotatable bonds is 3. The van der Waals surface area contributed by atoms with E-state index in [1.165, 1.54) is 11.3 Å². The van der Waals surface area contributed by atoms with E-state index in [1.807, 2.05) is 24.3 Å². The first-order chi connectivity index (χ1) is 10.7. The molecule has 3 nitrogen and oxygen atoms in total. The van der Waals surface area contributed by atoms with E-state index in [0.29, 0.717) is 11.7 Å². The van der Waals surface area contributed by atoms with Crippen molar-refractivity contribution in [3.05, 3.63) is 24.3 Å². The predicted octanol–water partition coefficient (Wildman–Crippen LogP) is 4.65. The Bertz CT molecular complexity index is 593. The molecule has 126 valence electrons. The van der Waals surface area contributed by atoms with Crippen LogP contribution < -0.4 is 4.74 Å². The van der Waals surface area contributed by atoms with Gasteiger partial charge in [0.15, 0.2) is 4.90 Å². The molecular weight excluding hydrogens is 308 g/mol. The van der Waals surface area contributed by atoms with Gasteiger partial charge in [-0.15, -0.1) is 0 Å². The monoisotopic (exact) mass is 335 g/mol. The average Bonchev–Trinajstić information content (AvgIpc) is 2.81. The van der Waals surface area contributed by atoms with Gasteiger partial charge in [-0.05, 0) is 54.9 Å². The standard InChI is InChI=1S/C19H27O3S/c1-18(2)13-10-11-19(18,3)16(12-13)22-17(20)21-14-6-8-15(9-7-14)23(4)5/h6-9,13,16H,10-12H2,1-5H3/q+1. The number of hydrogen-bond donors (Lipinski definition) is 0. The van der Waals surface area contributed by atoms with E-state index in [9.17, 15) is 4.79 Å². The van der Waals surface area contributed by atoms with Crippen LogP contribution in [0.2, 0.25) is 0 Å². The van der Waals surface area contributed by atoms with Crippen molar-refractivity contribution in [2.45, 2.75) is 51.0 Å². The summed E-state index contributed by atoms with van der Waals surface area (Å²) in [6, 6.07) is 7.70. The van der Waals surface area contributed by atoms with Crippen molar-refractivity contribution in [3.63, 3.8) is 0 Å². The number of ether oxygens (including phenoxy) is 2. The van der Waals surface area contributed by atoms with Gasteiger partial charge in [-0.25, -0.2) is 4.79 Å². The Morgan fingerprint density at radius 2 is 1.83 bits per heavy atom. The second kappa shape index (κ2) is 5.73. The predicted molar refractivity (Wildman–Crippen MR) is 94.0 cm³/mol. The summed E-state index contributed by atoms with van der Waals surface area (Å²) in [4.78, 5) is 13.4. The van der Waals surface area contributed by atoms with Crippen molar-refractivity contribution >= 4 is 17.1 Å². The molecule has 0 radical (unpaired) electrons. The van der Waals surface area contributed by atoms with Crippen LogP contribution in [-0.2, 0) is 15.6 Å². The van der Waals surface area contributed by atoms with Gasteiger partial charge in [0.05, 0.1) is 0 Å². The zero-order valence-electron chi connectivity index (χ0n) is 14.7. The van der Waals surface area contributed by atoms with Crippen molar-refractivity contribution < 1.29 is 14.3 Å². The molecule has 0 aliphatic heterocycles. The molecule has 2 fully saturated rings. The van der Waals surface area contributed by atoms with Crippen molar-refractivity contribution in [1.29, 1.82) is 0 Å². The fourth-order valence-electron chi connectivity index (χ4n) is 4.32. The van der Waals surface area contributed by atoms with Crippen LogP contribution in [0.15, 0.2) is 29.2 Å². The maximum absolute atomic E-state index is 12.2. The number of hydrogen-bond acceptors (Lipinski definition) is 3. The molecule has 1 aromatic rings. The molecule has 3 unspecified atom stereocenters. The van der Waals surface area contributed by atoms with Gasteiger partial charge in [-0.2, -0.15) is 0 Å². The summed E-state index contributed by atoms with van der Waals surface area (Å²) in [7, 11) is 0.209. The Labute approximate surface area is 142 Å². The summed E-state index contributed by atoms with van der Waals surface area (Å²) >= 11 is 0. The molecule has 1 aromatic carbocycles. The molecule has 4 heteroatoms.